The van der Waals surface area contributed by atoms with Crippen LogP contribution in [0.15, 0.2) is 88.8 Å². The van der Waals surface area contributed by atoms with Crippen LogP contribution in [0.1, 0.15) is 5.69 Å². The summed E-state index contributed by atoms with van der Waals surface area (Å²) in [5.41, 5.74) is 4.10. The van der Waals surface area contributed by atoms with Crippen LogP contribution in [0.5, 0.6) is 0 Å². The summed E-state index contributed by atoms with van der Waals surface area (Å²) in [6.45, 7) is 0. The molecular weight excluding hydrogens is 430 g/mol. The topological polar surface area (TPSA) is 85.1 Å². The molecular formula is C23H17N3O3S2. The predicted molar refractivity (Wildman–Crippen MR) is 123 cm³/mol. The van der Waals surface area contributed by atoms with Gasteiger partial charge in [0.25, 0.3) is 0 Å². The van der Waals surface area contributed by atoms with Gasteiger partial charge in [-0.1, -0.05) is 59.8 Å². The quantitative estimate of drug-likeness (QED) is 0.368. The van der Waals surface area contributed by atoms with E-state index in [2.05, 4.69) is 9.88 Å². The molecule has 6 nitrogen and oxygen atoms in total. The van der Waals surface area contributed by atoms with Gasteiger partial charge < -0.3 is 4.52 Å². The number of sulfonamides is 1. The van der Waals surface area contributed by atoms with E-state index in [0.717, 1.165) is 21.8 Å². The number of benzene rings is 3. The lowest BCUT2D eigenvalue weighted by Crippen LogP contribution is -2.15. The van der Waals surface area contributed by atoms with E-state index in [1.54, 1.807) is 41.7 Å². The standard InChI is InChI=1S/C23H17N3O3S2/c27-31(28,15-21-19-11-4-5-12-22(19)29-25-21)26-18-10-6-9-17(13-18)20-14-30-23(24-20)16-7-2-1-3-8-16/h1-14,26H,15H2. The highest BCUT2D eigenvalue weighted by atomic mass is 32.2. The van der Waals surface area contributed by atoms with Crippen molar-refractivity contribution in [2.75, 3.05) is 4.72 Å². The lowest BCUT2D eigenvalue weighted by atomic mass is 10.1. The Morgan fingerprint density at radius 1 is 0.903 bits per heavy atom. The Morgan fingerprint density at radius 2 is 1.68 bits per heavy atom. The van der Waals surface area contributed by atoms with E-state index < -0.39 is 10.0 Å². The van der Waals surface area contributed by atoms with Crippen LogP contribution in [-0.4, -0.2) is 18.6 Å². The Hall–Kier alpha value is -3.49. The first-order chi connectivity index (χ1) is 15.1. The third-order valence-electron chi connectivity index (χ3n) is 4.74. The highest BCUT2D eigenvalue weighted by molar-refractivity contribution is 7.91. The lowest BCUT2D eigenvalue weighted by Gasteiger charge is -2.08. The van der Waals surface area contributed by atoms with Gasteiger partial charge in [-0.2, -0.15) is 0 Å². The van der Waals surface area contributed by atoms with Gasteiger partial charge in [-0.25, -0.2) is 13.4 Å². The van der Waals surface area contributed by atoms with Gasteiger partial charge >= 0.3 is 0 Å². The second kappa shape index (κ2) is 7.98. The molecule has 0 unspecified atom stereocenters. The summed E-state index contributed by atoms with van der Waals surface area (Å²) in [4.78, 5) is 4.70. The molecule has 154 valence electrons. The Bertz CT molecular complexity index is 1460. The molecule has 31 heavy (non-hydrogen) atoms. The zero-order chi connectivity index (χ0) is 21.3. The Balaban J connectivity index is 1.37. The number of aromatic nitrogens is 2. The van der Waals surface area contributed by atoms with E-state index in [4.69, 9.17) is 9.51 Å². The molecule has 0 saturated heterocycles. The molecule has 0 spiro atoms. The van der Waals surface area contributed by atoms with E-state index in [9.17, 15) is 8.42 Å². The molecule has 2 heterocycles. The number of rotatable bonds is 6. The molecule has 0 atom stereocenters. The van der Waals surface area contributed by atoms with E-state index in [0.29, 0.717) is 22.4 Å². The van der Waals surface area contributed by atoms with Crippen LogP contribution < -0.4 is 4.72 Å². The van der Waals surface area contributed by atoms with Crippen LogP contribution in [0.25, 0.3) is 32.8 Å². The number of nitrogens with zero attached hydrogens (tertiary/aromatic N) is 2. The van der Waals surface area contributed by atoms with E-state index in [1.807, 2.05) is 53.9 Å². The van der Waals surface area contributed by atoms with Gasteiger partial charge in [0.2, 0.25) is 10.0 Å². The van der Waals surface area contributed by atoms with Crippen LogP contribution >= 0.6 is 11.3 Å². The van der Waals surface area contributed by atoms with Gasteiger partial charge in [0, 0.05) is 27.6 Å². The molecule has 0 bridgehead atoms. The van der Waals surface area contributed by atoms with Crippen LogP contribution in [0.3, 0.4) is 0 Å². The largest absolute Gasteiger partial charge is 0.356 e. The molecule has 0 radical (unpaired) electrons. The van der Waals surface area contributed by atoms with Crippen molar-refractivity contribution in [2.45, 2.75) is 5.75 Å². The smallest absolute Gasteiger partial charge is 0.238 e. The number of nitrogens with one attached hydrogen (secondary N) is 1. The number of thiazole rings is 1. The summed E-state index contributed by atoms with van der Waals surface area (Å²) in [6.07, 6.45) is 0. The van der Waals surface area contributed by atoms with Crippen LogP contribution in [-0.2, 0) is 15.8 Å². The van der Waals surface area contributed by atoms with Crippen LogP contribution in [0.2, 0.25) is 0 Å². The summed E-state index contributed by atoms with van der Waals surface area (Å²) in [5, 5.41) is 7.49. The minimum atomic E-state index is -3.68. The minimum Gasteiger partial charge on any atom is -0.356 e. The molecule has 2 aromatic heterocycles. The zero-order valence-electron chi connectivity index (χ0n) is 16.2. The van der Waals surface area contributed by atoms with Crippen molar-refractivity contribution >= 4 is 38.0 Å². The van der Waals surface area contributed by atoms with Crippen molar-refractivity contribution in [3.8, 4) is 21.8 Å². The van der Waals surface area contributed by atoms with Gasteiger partial charge in [-0.05, 0) is 24.3 Å². The Kier molecular flexibility index (Phi) is 5.01. The SMILES string of the molecule is O=S(=O)(Cc1noc2ccccc12)Nc1cccc(-c2csc(-c3ccccc3)n2)c1. The van der Waals surface area contributed by atoms with E-state index in [1.165, 1.54) is 0 Å². The molecule has 5 aromatic rings. The first-order valence-corrected chi connectivity index (χ1v) is 12.1. The summed E-state index contributed by atoms with van der Waals surface area (Å²) < 4.78 is 33.3. The van der Waals surface area contributed by atoms with Gasteiger partial charge in [0.15, 0.2) is 5.58 Å². The van der Waals surface area contributed by atoms with E-state index >= 15 is 0 Å². The number of hydrogen-bond acceptors (Lipinski definition) is 6. The van der Waals surface area contributed by atoms with Gasteiger partial charge in [-0.3, -0.25) is 4.72 Å². The van der Waals surface area contributed by atoms with Crippen molar-refractivity contribution in [1.82, 2.24) is 10.1 Å². The maximum Gasteiger partial charge on any atom is 0.238 e. The number of hydrogen-bond donors (Lipinski definition) is 1. The molecule has 0 fully saturated rings. The fourth-order valence-electron chi connectivity index (χ4n) is 3.30. The summed E-state index contributed by atoms with van der Waals surface area (Å²) in [5.74, 6) is -0.275. The van der Waals surface area contributed by atoms with Gasteiger partial charge in [0.05, 0.1) is 5.69 Å². The normalized spacial score (nSPS) is 11.6. The number of para-hydroxylation sites is 1. The monoisotopic (exact) mass is 447 g/mol. The average molecular weight is 448 g/mol. The van der Waals surface area contributed by atoms with Crippen molar-refractivity contribution in [1.29, 1.82) is 0 Å². The van der Waals surface area contributed by atoms with Gasteiger partial charge in [0.1, 0.15) is 16.5 Å². The van der Waals surface area contributed by atoms with Gasteiger partial charge in [-0.15, -0.1) is 11.3 Å². The van der Waals surface area contributed by atoms with Crippen LogP contribution in [0.4, 0.5) is 5.69 Å². The Labute approximate surface area is 183 Å². The van der Waals surface area contributed by atoms with Crippen LogP contribution in [0, 0.1) is 0 Å². The molecule has 8 heteroatoms. The zero-order valence-corrected chi connectivity index (χ0v) is 17.9. The third kappa shape index (κ3) is 4.21. The third-order valence-corrected chi connectivity index (χ3v) is 6.83. The molecule has 0 aliphatic rings. The fraction of sp³-hybridized carbons (Fsp3) is 0.0435. The molecule has 5 rings (SSSR count). The second-order valence-corrected chi connectivity index (χ2v) is 9.55. The van der Waals surface area contributed by atoms with Crippen molar-refractivity contribution in [3.05, 3.63) is 89.9 Å². The lowest BCUT2D eigenvalue weighted by molar-refractivity contribution is 0.448. The number of anilines is 1. The highest BCUT2D eigenvalue weighted by Crippen LogP contribution is 2.30. The first kappa shape index (κ1) is 19.5. The van der Waals surface area contributed by atoms with Crippen molar-refractivity contribution in [2.24, 2.45) is 0 Å². The summed E-state index contributed by atoms with van der Waals surface area (Å²) in [6, 6.07) is 24.4. The molecule has 0 aliphatic carbocycles. The molecule has 0 saturated carbocycles. The van der Waals surface area contributed by atoms with Crippen molar-refractivity contribution in [3.63, 3.8) is 0 Å². The molecule has 0 amide bonds. The highest BCUT2D eigenvalue weighted by Gasteiger charge is 2.18. The number of fused-ring (bicyclic) bond motifs is 1. The maximum absolute atomic E-state index is 12.7. The first-order valence-electron chi connectivity index (χ1n) is 9.53. The fourth-order valence-corrected chi connectivity index (χ4v) is 5.26. The Morgan fingerprint density at radius 3 is 2.55 bits per heavy atom. The van der Waals surface area contributed by atoms with Crippen molar-refractivity contribution < 1.29 is 12.9 Å². The molecule has 0 aliphatic heterocycles. The maximum atomic E-state index is 12.7. The predicted octanol–water partition coefficient (Wildman–Crippen LogP) is 5.56. The minimum absolute atomic E-state index is 0.275. The average Bonchev–Trinajstić information content (AvgIpc) is 3.42. The summed E-state index contributed by atoms with van der Waals surface area (Å²) in [7, 11) is -3.68. The molecule has 1 N–H and O–H groups in total. The molecule has 3 aromatic carbocycles. The van der Waals surface area contributed by atoms with E-state index in [-0.39, 0.29) is 5.75 Å². The summed E-state index contributed by atoms with van der Waals surface area (Å²) >= 11 is 1.55. The second-order valence-electron chi connectivity index (χ2n) is 6.97.